The molecule has 3 aromatic rings. The van der Waals surface area contributed by atoms with Gasteiger partial charge in [0.2, 0.25) is 5.82 Å². The molecule has 0 amide bonds. The normalized spacial score (nSPS) is 10.3. The lowest BCUT2D eigenvalue weighted by Crippen LogP contribution is -2.04. The number of rotatable bonds is 7. The number of nitro groups is 1. The molecule has 29 heavy (non-hydrogen) atoms. The second kappa shape index (κ2) is 8.61. The number of aryl methyl sites for hydroxylation is 1. The Bertz CT molecular complexity index is 1060. The van der Waals surface area contributed by atoms with Crippen LogP contribution in [0, 0.1) is 17.0 Å². The minimum Gasteiger partial charge on any atom is -0.497 e. The Kier molecular flexibility index (Phi) is 5.99. The van der Waals surface area contributed by atoms with Crippen molar-refractivity contribution in [3.8, 4) is 23.1 Å². The van der Waals surface area contributed by atoms with E-state index in [1.54, 1.807) is 43.3 Å². The van der Waals surface area contributed by atoms with Gasteiger partial charge in [-0.05, 0) is 42.8 Å². The Balaban J connectivity index is 2.01. The summed E-state index contributed by atoms with van der Waals surface area (Å²) >= 11 is 6.01. The molecule has 0 atom stereocenters. The second-order valence-corrected chi connectivity index (χ2v) is 6.24. The quantitative estimate of drug-likeness (QED) is 0.428. The van der Waals surface area contributed by atoms with Gasteiger partial charge in [0.15, 0.2) is 0 Å². The number of ether oxygens (including phenoxy) is 3. The fourth-order valence-corrected chi connectivity index (χ4v) is 2.64. The van der Waals surface area contributed by atoms with Gasteiger partial charge < -0.3 is 19.5 Å². The fourth-order valence-electron chi connectivity index (χ4n) is 2.52. The standard InChI is InChI=1S/C19H17ClN4O5/c1-11-8-13(4-6-14(11)20)29-19-17(24(25)26)18(21-10-22-19)23-15-9-12(27-2)5-7-16(15)28-3/h4-10H,1-3H3,(H,21,22,23). The molecule has 9 nitrogen and oxygen atoms in total. The van der Waals surface area contributed by atoms with Crippen LogP contribution in [0.2, 0.25) is 5.02 Å². The Hall–Kier alpha value is -3.59. The predicted octanol–water partition coefficient (Wildman–Crippen LogP) is 4.90. The Morgan fingerprint density at radius 2 is 1.83 bits per heavy atom. The van der Waals surface area contributed by atoms with Crippen LogP contribution >= 0.6 is 11.6 Å². The van der Waals surface area contributed by atoms with Crippen LogP contribution in [-0.4, -0.2) is 29.1 Å². The molecule has 150 valence electrons. The van der Waals surface area contributed by atoms with E-state index < -0.39 is 10.6 Å². The number of anilines is 2. The van der Waals surface area contributed by atoms with Gasteiger partial charge in [-0.1, -0.05) is 11.6 Å². The van der Waals surface area contributed by atoms with Crippen molar-refractivity contribution >= 4 is 28.8 Å². The highest BCUT2D eigenvalue weighted by Crippen LogP contribution is 2.38. The van der Waals surface area contributed by atoms with Gasteiger partial charge in [-0.3, -0.25) is 10.1 Å². The third kappa shape index (κ3) is 4.46. The molecule has 0 bridgehead atoms. The average molecular weight is 417 g/mol. The zero-order chi connectivity index (χ0) is 21.0. The van der Waals surface area contributed by atoms with Crippen LogP contribution in [0.1, 0.15) is 5.56 Å². The summed E-state index contributed by atoms with van der Waals surface area (Å²) < 4.78 is 16.1. The van der Waals surface area contributed by atoms with Crippen LogP contribution in [0.15, 0.2) is 42.7 Å². The Morgan fingerprint density at radius 1 is 1.07 bits per heavy atom. The van der Waals surface area contributed by atoms with Crippen molar-refractivity contribution in [3.05, 3.63) is 63.4 Å². The summed E-state index contributed by atoms with van der Waals surface area (Å²) in [5.41, 5.74) is 0.771. The summed E-state index contributed by atoms with van der Waals surface area (Å²) in [5.74, 6) is 1.08. The van der Waals surface area contributed by atoms with Gasteiger partial charge in [0.05, 0.1) is 24.8 Å². The van der Waals surface area contributed by atoms with E-state index >= 15 is 0 Å². The average Bonchev–Trinajstić information content (AvgIpc) is 2.70. The number of methoxy groups -OCH3 is 2. The van der Waals surface area contributed by atoms with Crippen molar-refractivity contribution in [1.82, 2.24) is 9.97 Å². The lowest BCUT2D eigenvalue weighted by Gasteiger charge is -2.13. The molecule has 1 N–H and O–H groups in total. The first-order valence-corrected chi connectivity index (χ1v) is 8.73. The number of halogens is 1. The molecule has 0 saturated carbocycles. The first-order chi connectivity index (χ1) is 13.9. The van der Waals surface area contributed by atoms with E-state index in [0.29, 0.717) is 28.0 Å². The van der Waals surface area contributed by atoms with E-state index in [0.717, 1.165) is 5.56 Å². The zero-order valence-electron chi connectivity index (χ0n) is 15.8. The molecule has 1 heterocycles. The molecule has 0 aliphatic rings. The number of aromatic nitrogens is 2. The van der Waals surface area contributed by atoms with Crippen molar-refractivity contribution in [2.75, 3.05) is 19.5 Å². The number of hydrogen-bond donors (Lipinski definition) is 1. The van der Waals surface area contributed by atoms with E-state index in [2.05, 4.69) is 15.3 Å². The highest BCUT2D eigenvalue weighted by molar-refractivity contribution is 6.31. The molecular weight excluding hydrogens is 400 g/mol. The third-order valence-corrected chi connectivity index (χ3v) is 4.40. The van der Waals surface area contributed by atoms with Crippen molar-refractivity contribution in [3.63, 3.8) is 0 Å². The Morgan fingerprint density at radius 3 is 2.48 bits per heavy atom. The molecule has 0 radical (unpaired) electrons. The fraction of sp³-hybridized carbons (Fsp3) is 0.158. The molecule has 1 aromatic heterocycles. The van der Waals surface area contributed by atoms with Crippen molar-refractivity contribution < 1.29 is 19.1 Å². The van der Waals surface area contributed by atoms with Gasteiger partial charge >= 0.3 is 11.6 Å². The van der Waals surface area contributed by atoms with Crippen LogP contribution in [0.5, 0.6) is 23.1 Å². The highest BCUT2D eigenvalue weighted by atomic mass is 35.5. The molecule has 0 unspecified atom stereocenters. The largest absolute Gasteiger partial charge is 0.497 e. The first-order valence-electron chi connectivity index (χ1n) is 8.35. The van der Waals surface area contributed by atoms with Gasteiger partial charge in [-0.25, -0.2) is 4.98 Å². The molecule has 0 spiro atoms. The zero-order valence-corrected chi connectivity index (χ0v) is 16.6. The van der Waals surface area contributed by atoms with Crippen molar-refractivity contribution in [2.45, 2.75) is 6.92 Å². The van der Waals surface area contributed by atoms with Crippen LogP contribution in [0.25, 0.3) is 0 Å². The maximum absolute atomic E-state index is 11.8. The van der Waals surface area contributed by atoms with Crippen LogP contribution in [-0.2, 0) is 0 Å². The molecule has 2 aromatic carbocycles. The monoisotopic (exact) mass is 416 g/mol. The van der Waals surface area contributed by atoms with E-state index in [9.17, 15) is 10.1 Å². The van der Waals surface area contributed by atoms with Crippen LogP contribution < -0.4 is 19.5 Å². The van der Waals surface area contributed by atoms with Gasteiger partial charge in [-0.2, -0.15) is 4.98 Å². The molecule has 0 aliphatic heterocycles. The topological polar surface area (TPSA) is 109 Å². The highest BCUT2D eigenvalue weighted by Gasteiger charge is 2.26. The minimum absolute atomic E-state index is 0.0581. The Labute approximate surface area is 171 Å². The second-order valence-electron chi connectivity index (χ2n) is 5.84. The molecule has 0 saturated heterocycles. The van der Waals surface area contributed by atoms with Gasteiger partial charge in [-0.15, -0.1) is 0 Å². The van der Waals surface area contributed by atoms with E-state index in [4.69, 9.17) is 25.8 Å². The SMILES string of the molecule is COc1ccc(OC)c(Nc2ncnc(Oc3ccc(Cl)c(C)c3)c2[N+](=O)[O-])c1. The maximum Gasteiger partial charge on any atom is 0.373 e. The lowest BCUT2D eigenvalue weighted by atomic mass is 10.2. The van der Waals surface area contributed by atoms with Crippen molar-refractivity contribution in [1.29, 1.82) is 0 Å². The summed E-state index contributed by atoms with van der Waals surface area (Å²) in [6, 6.07) is 9.90. The van der Waals surface area contributed by atoms with E-state index in [1.165, 1.54) is 20.5 Å². The van der Waals surface area contributed by atoms with Gasteiger partial charge in [0.1, 0.15) is 23.6 Å². The summed E-state index contributed by atoms with van der Waals surface area (Å²) in [6.45, 7) is 1.80. The molecular formula is C19H17ClN4O5. The summed E-state index contributed by atoms with van der Waals surface area (Å²) in [5, 5.41) is 15.2. The molecule has 3 rings (SSSR count). The van der Waals surface area contributed by atoms with Crippen LogP contribution in [0.3, 0.4) is 0 Å². The summed E-state index contributed by atoms with van der Waals surface area (Å²) in [4.78, 5) is 19.1. The summed E-state index contributed by atoms with van der Waals surface area (Å²) in [6.07, 6.45) is 1.17. The molecule has 0 fully saturated rings. The third-order valence-electron chi connectivity index (χ3n) is 3.97. The van der Waals surface area contributed by atoms with Gasteiger partial charge in [0, 0.05) is 11.1 Å². The van der Waals surface area contributed by atoms with Crippen LogP contribution in [0.4, 0.5) is 17.2 Å². The predicted molar refractivity (Wildman–Crippen MR) is 108 cm³/mol. The minimum atomic E-state index is -0.618. The smallest absolute Gasteiger partial charge is 0.373 e. The molecule has 10 heteroatoms. The van der Waals surface area contributed by atoms with Crippen molar-refractivity contribution in [2.24, 2.45) is 0 Å². The maximum atomic E-state index is 11.8. The first kappa shape index (κ1) is 20.2. The number of nitrogens with one attached hydrogen (secondary N) is 1. The summed E-state index contributed by atoms with van der Waals surface area (Å²) in [7, 11) is 3.00. The lowest BCUT2D eigenvalue weighted by molar-refractivity contribution is -0.385. The molecule has 0 aliphatic carbocycles. The number of benzene rings is 2. The van der Waals surface area contributed by atoms with Gasteiger partial charge in [0.25, 0.3) is 0 Å². The number of nitrogens with zero attached hydrogens (tertiary/aromatic N) is 3. The van der Waals surface area contributed by atoms with E-state index in [-0.39, 0.29) is 11.7 Å². The number of hydrogen-bond acceptors (Lipinski definition) is 8. The van der Waals surface area contributed by atoms with E-state index in [1.807, 2.05) is 0 Å².